The van der Waals surface area contributed by atoms with Gasteiger partial charge in [-0.15, -0.1) is 0 Å². The number of rotatable bonds is 0. The third kappa shape index (κ3) is 1.80. The van der Waals surface area contributed by atoms with E-state index in [1.807, 2.05) is 12.2 Å². The van der Waals surface area contributed by atoms with E-state index >= 15 is 0 Å². The van der Waals surface area contributed by atoms with Gasteiger partial charge in [0, 0.05) is 0 Å². The summed E-state index contributed by atoms with van der Waals surface area (Å²) in [4.78, 5) is 0. The van der Waals surface area contributed by atoms with Gasteiger partial charge in [0.1, 0.15) is 6.61 Å². The summed E-state index contributed by atoms with van der Waals surface area (Å²) in [6.07, 6.45) is 5.71. The van der Waals surface area contributed by atoms with Crippen molar-refractivity contribution < 1.29 is 10.2 Å². The Balaban J connectivity index is 0.000000490. The van der Waals surface area contributed by atoms with Crippen LogP contribution in [0.15, 0.2) is 24.0 Å². The molecule has 0 spiro atoms. The molecule has 1 aliphatic rings. The van der Waals surface area contributed by atoms with Gasteiger partial charge in [-0.2, -0.15) is 0 Å². The van der Waals surface area contributed by atoms with Crippen LogP contribution in [0, 0.1) is 0 Å². The van der Waals surface area contributed by atoms with E-state index in [1.54, 1.807) is 6.26 Å². The van der Waals surface area contributed by atoms with Crippen molar-refractivity contribution in [2.24, 2.45) is 0 Å². The minimum absolute atomic E-state index is 0. The lowest BCUT2D eigenvalue weighted by atomic mass is 10.3. The van der Waals surface area contributed by atoms with Crippen LogP contribution >= 0.6 is 0 Å². The minimum Gasteiger partial charge on any atom is -0.497 e. The molecule has 2 N–H and O–H groups in total. The lowest BCUT2D eigenvalue weighted by Crippen LogP contribution is -1.87. The minimum atomic E-state index is 0. The van der Waals surface area contributed by atoms with Gasteiger partial charge in [0.2, 0.25) is 0 Å². The molecule has 1 rings (SSSR count). The highest BCUT2D eigenvalue weighted by molar-refractivity contribution is 5.16. The van der Waals surface area contributed by atoms with E-state index in [4.69, 9.17) is 4.74 Å². The van der Waals surface area contributed by atoms with Gasteiger partial charge in [-0.3, -0.25) is 0 Å². The van der Waals surface area contributed by atoms with Crippen LogP contribution in [-0.4, -0.2) is 12.1 Å². The van der Waals surface area contributed by atoms with E-state index in [9.17, 15) is 0 Å². The Morgan fingerprint density at radius 2 is 2.38 bits per heavy atom. The fourth-order valence-electron chi connectivity index (χ4n) is 0.459. The summed E-state index contributed by atoms with van der Waals surface area (Å²) in [5.74, 6) is 0. The van der Waals surface area contributed by atoms with E-state index in [2.05, 4.69) is 6.92 Å². The molecule has 1 aliphatic heterocycles. The number of hydrogen-bond donors (Lipinski definition) is 0. The first-order chi connectivity index (χ1) is 3.39. The van der Waals surface area contributed by atoms with Gasteiger partial charge in [-0.05, 0) is 24.6 Å². The fraction of sp³-hybridized carbons (Fsp3) is 0.333. The molecule has 46 valence electrons. The lowest BCUT2D eigenvalue weighted by Gasteiger charge is -2.00. The molecule has 2 heteroatoms. The van der Waals surface area contributed by atoms with E-state index in [0.717, 1.165) is 6.61 Å². The maximum absolute atomic E-state index is 4.88. The second kappa shape index (κ2) is 3.27. The van der Waals surface area contributed by atoms with Crippen LogP contribution in [-0.2, 0) is 4.74 Å². The molecule has 0 aromatic rings. The van der Waals surface area contributed by atoms with Crippen molar-refractivity contribution >= 4 is 0 Å². The van der Waals surface area contributed by atoms with Crippen molar-refractivity contribution in [2.45, 2.75) is 6.92 Å². The van der Waals surface area contributed by atoms with E-state index < -0.39 is 0 Å². The van der Waals surface area contributed by atoms with Crippen molar-refractivity contribution in [2.75, 3.05) is 6.61 Å². The zero-order valence-corrected chi connectivity index (χ0v) is 4.85. The summed E-state index contributed by atoms with van der Waals surface area (Å²) in [7, 11) is 0. The van der Waals surface area contributed by atoms with Crippen LogP contribution in [0.5, 0.6) is 0 Å². The van der Waals surface area contributed by atoms with Crippen molar-refractivity contribution in [1.82, 2.24) is 0 Å². The smallest absolute Gasteiger partial charge is 0.106 e. The van der Waals surface area contributed by atoms with Gasteiger partial charge >= 0.3 is 0 Å². The Kier molecular flexibility index (Phi) is 2.96. The van der Waals surface area contributed by atoms with Crippen molar-refractivity contribution in [3.05, 3.63) is 24.0 Å². The Bertz CT molecular complexity index is 114. The van der Waals surface area contributed by atoms with Crippen molar-refractivity contribution in [3.63, 3.8) is 0 Å². The molecule has 0 aliphatic carbocycles. The second-order valence-corrected chi connectivity index (χ2v) is 1.58. The van der Waals surface area contributed by atoms with Crippen LogP contribution < -0.4 is 0 Å². The maximum Gasteiger partial charge on any atom is 0.106 e. The zero-order chi connectivity index (χ0) is 5.11. The van der Waals surface area contributed by atoms with Crippen LogP contribution in [0.25, 0.3) is 0 Å². The summed E-state index contributed by atoms with van der Waals surface area (Å²) in [6, 6.07) is 0. The van der Waals surface area contributed by atoms with Gasteiger partial charge < -0.3 is 10.2 Å². The first kappa shape index (κ1) is 7.24. The quantitative estimate of drug-likeness (QED) is 0.456. The summed E-state index contributed by atoms with van der Waals surface area (Å²) < 4.78 is 4.88. The third-order valence-electron chi connectivity index (χ3n) is 0.929. The van der Waals surface area contributed by atoms with Crippen LogP contribution in [0.1, 0.15) is 6.92 Å². The average Bonchev–Trinajstić information content (AvgIpc) is 1.69. The molecule has 8 heavy (non-hydrogen) atoms. The third-order valence-corrected chi connectivity index (χ3v) is 0.929. The topological polar surface area (TPSA) is 40.7 Å². The maximum atomic E-state index is 4.88. The SMILES string of the molecule is CC1=CCOC=C1.O. The van der Waals surface area contributed by atoms with Crippen LogP contribution in [0.3, 0.4) is 0 Å². The number of allylic oxidation sites excluding steroid dienone is 2. The Hall–Kier alpha value is -0.760. The van der Waals surface area contributed by atoms with Crippen molar-refractivity contribution in [1.29, 1.82) is 0 Å². The molecule has 0 saturated heterocycles. The molecule has 0 aromatic heterocycles. The highest BCUT2D eigenvalue weighted by atomic mass is 16.5. The first-order valence-electron chi connectivity index (χ1n) is 2.34. The molecule has 0 fully saturated rings. The highest BCUT2D eigenvalue weighted by Gasteiger charge is 1.85. The lowest BCUT2D eigenvalue weighted by molar-refractivity contribution is 0.284. The van der Waals surface area contributed by atoms with Crippen LogP contribution in [0.4, 0.5) is 0 Å². The predicted molar refractivity (Wildman–Crippen MR) is 32.5 cm³/mol. The molecule has 0 bridgehead atoms. The van der Waals surface area contributed by atoms with E-state index in [-0.39, 0.29) is 5.48 Å². The van der Waals surface area contributed by atoms with Gasteiger partial charge in [0.25, 0.3) is 0 Å². The molecule has 1 heterocycles. The molecular weight excluding hydrogens is 104 g/mol. The summed E-state index contributed by atoms with van der Waals surface area (Å²) in [5, 5.41) is 0. The Morgan fingerprint density at radius 1 is 1.62 bits per heavy atom. The largest absolute Gasteiger partial charge is 0.497 e. The second-order valence-electron chi connectivity index (χ2n) is 1.58. The van der Waals surface area contributed by atoms with Gasteiger partial charge in [-0.1, -0.05) is 0 Å². The summed E-state index contributed by atoms with van der Waals surface area (Å²) >= 11 is 0. The Morgan fingerprint density at radius 3 is 2.62 bits per heavy atom. The van der Waals surface area contributed by atoms with Crippen LogP contribution in [0.2, 0.25) is 0 Å². The fourth-order valence-corrected chi connectivity index (χ4v) is 0.459. The molecule has 0 radical (unpaired) electrons. The van der Waals surface area contributed by atoms with Gasteiger partial charge in [-0.25, -0.2) is 0 Å². The molecule has 0 atom stereocenters. The normalized spacial score (nSPS) is 15.9. The number of ether oxygens (including phenoxy) is 1. The standard InChI is InChI=1S/C6H8O.H2O/c1-6-2-4-7-5-3-6;/h2-4H,5H2,1H3;1H2. The van der Waals surface area contributed by atoms with Gasteiger partial charge in [0.05, 0.1) is 6.26 Å². The predicted octanol–water partition coefficient (Wildman–Crippen LogP) is 0.652. The highest BCUT2D eigenvalue weighted by Crippen LogP contribution is 1.99. The summed E-state index contributed by atoms with van der Waals surface area (Å²) in [5.41, 5.74) is 1.28. The molecule has 0 saturated carbocycles. The van der Waals surface area contributed by atoms with Gasteiger partial charge in [0.15, 0.2) is 0 Å². The molecule has 0 unspecified atom stereocenters. The molecule has 2 nitrogen and oxygen atoms in total. The zero-order valence-electron chi connectivity index (χ0n) is 4.85. The molecule has 0 aromatic carbocycles. The van der Waals surface area contributed by atoms with E-state index in [0.29, 0.717) is 0 Å². The molecule has 0 amide bonds. The Labute approximate surface area is 48.8 Å². The van der Waals surface area contributed by atoms with Crippen molar-refractivity contribution in [3.8, 4) is 0 Å². The van der Waals surface area contributed by atoms with E-state index in [1.165, 1.54) is 5.57 Å². The first-order valence-corrected chi connectivity index (χ1v) is 2.34. The summed E-state index contributed by atoms with van der Waals surface area (Å²) in [6.45, 7) is 2.79. The molecular formula is C6H10O2. The number of hydrogen-bond acceptors (Lipinski definition) is 1. The monoisotopic (exact) mass is 114 g/mol. The average molecular weight is 114 g/mol.